The maximum Gasteiger partial charge on any atom is 0.321 e. The van der Waals surface area contributed by atoms with E-state index in [4.69, 9.17) is 14.2 Å². The molecule has 0 aliphatic heterocycles. The number of aromatic nitrogens is 1. The third kappa shape index (κ3) is 4.26. The lowest BCUT2D eigenvalue weighted by Gasteiger charge is -2.25. The third-order valence-electron chi connectivity index (χ3n) is 4.85. The van der Waals surface area contributed by atoms with Crippen molar-refractivity contribution in [3.8, 4) is 5.75 Å². The number of hydrogen-bond donors (Lipinski definition) is 1. The number of aromatic amines is 1. The van der Waals surface area contributed by atoms with Crippen LogP contribution in [0.5, 0.6) is 5.75 Å². The van der Waals surface area contributed by atoms with Crippen molar-refractivity contribution in [2.45, 2.75) is 19.8 Å². The van der Waals surface area contributed by atoms with Gasteiger partial charge in [-0.2, -0.15) is 0 Å². The van der Waals surface area contributed by atoms with Crippen molar-refractivity contribution < 1.29 is 23.8 Å². The van der Waals surface area contributed by atoms with Gasteiger partial charge in [-0.1, -0.05) is 30.3 Å². The topological polar surface area (TPSA) is 77.6 Å². The number of ether oxygens (including phenoxy) is 3. The van der Waals surface area contributed by atoms with Crippen molar-refractivity contribution in [2.75, 3.05) is 20.3 Å². The summed E-state index contributed by atoms with van der Waals surface area (Å²) < 4.78 is 15.8. The van der Waals surface area contributed by atoms with E-state index in [1.165, 1.54) is 0 Å². The van der Waals surface area contributed by atoms with Crippen molar-refractivity contribution in [1.29, 1.82) is 0 Å². The molecule has 0 radical (unpaired) electrons. The number of esters is 2. The molecule has 0 fully saturated rings. The Bertz CT molecular complexity index is 958. The average Bonchev–Trinajstić information content (AvgIpc) is 3.16. The molecule has 0 aliphatic rings. The number of carbonyl (C=O) groups excluding carboxylic acids is 2. The van der Waals surface area contributed by atoms with Crippen LogP contribution < -0.4 is 4.74 Å². The minimum absolute atomic E-state index is 0.179. The van der Waals surface area contributed by atoms with Gasteiger partial charge in [0.05, 0.1) is 20.3 Å². The highest BCUT2D eigenvalue weighted by Gasteiger charge is 2.40. The van der Waals surface area contributed by atoms with Gasteiger partial charge >= 0.3 is 11.9 Å². The van der Waals surface area contributed by atoms with Gasteiger partial charge in [0.2, 0.25) is 0 Å². The van der Waals surface area contributed by atoms with E-state index in [1.54, 1.807) is 21.0 Å². The molecule has 152 valence electrons. The van der Waals surface area contributed by atoms with Crippen LogP contribution in [0.15, 0.2) is 54.7 Å². The zero-order valence-electron chi connectivity index (χ0n) is 16.8. The molecule has 3 aromatic rings. The Kier molecular flexibility index (Phi) is 6.54. The Hall–Kier alpha value is -3.28. The zero-order chi connectivity index (χ0) is 20.8. The van der Waals surface area contributed by atoms with Gasteiger partial charge < -0.3 is 19.2 Å². The van der Waals surface area contributed by atoms with E-state index in [0.29, 0.717) is 5.75 Å². The molecular weight excluding hydrogens is 370 g/mol. The number of hydrogen-bond acceptors (Lipinski definition) is 5. The summed E-state index contributed by atoms with van der Waals surface area (Å²) in [6.45, 7) is 3.79. The molecule has 0 amide bonds. The molecule has 3 rings (SSSR count). The molecule has 6 heteroatoms. The van der Waals surface area contributed by atoms with Gasteiger partial charge in [0.25, 0.3) is 0 Å². The maximum atomic E-state index is 12.9. The van der Waals surface area contributed by atoms with Crippen LogP contribution in [0.1, 0.15) is 30.9 Å². The predicted molar refractivity (Wildman–Crippen MR) is 110 cm³/mol. The second-order valence-electron chi connectivity index (χ2n) is 6.52. The summed E-state index contributed by atoms with van der Waals surface area (Å²) in [5.41, 5.74) is 2.55. The lowest BCUT2D eigenvalue weighted by molar-refractivity contribution is -0.162. The fourth-order valence-electron chi connectivity index (χ4n) is 3.55. The van der Waals surface area contributed by atoms with E-state index in [9.17, 15) is 9.59 Å². The third-order valence-corrected chi connectivity index (χ3v) is 4.85. The Balaban J connectivity index is 2.18. The van der Waals surface area contributed by atoms with Crippen LogP contribution >= 0.6 is 0 Å². The van der Waals surface area contributed by atoms with Gasteiger partial charge in [-0.05, 0) is 43.2 Å². The molecule has 1 aromatic heterocycles. The van der Waals surface area contributed by atoms with E-state index in [1.807, 2.05) is 54.7 Å². The molecule has 0 unspecified atom stereocenters. The van der Waals surface area contributed by atoms with Crippen molar-refractivity contribution in [2.24, 2.45) is 5.92 Å². The first-order valence-corrected chi connectivity index (χ1v) is 9.63. The summed E-state index contributed by atoms with van der Waals surface area (Å²) in [5, 5.41) is 0.937. The number of fused-ring (bicyclic) bond motifs is 1. The fourth-order valence-corrected chi connectivity index (χ4v) is 3.55. The second kappa shape index (κ2) is 9.28. The molecule has 0 spiro atoms. The van der Waals surface area contributed by atoms with Gasteiger partial charge in [-0.15, -0.1) is 0 Å². The number of benzene rings is 2. The number of nitrogens with one attached hydrogen (secondary N) is 1. The number of para-hydroxylation sites is 1. The van der Waals surface area contributed by atoms with Crippen LogP contribution in [-0.4, -0.2) is 37.2 Å². The molecule has 0 saturated heterocycles. The summed E-state index contributed by atoms with van der Waals surface area (Å²) >= 11 is 0. The van der Waals surface area contributed by atoms with E-state index in [-0.39, 0.29) is 13.2 Å². The Morgan fingerprint density at radius 3 is 2.14 bits per heavy atom. The molecule has 1 heterocycles. The first-order valence-electron chi connectivity index (χ1n) is 9.63. The average molecular weight is 395 g/mol. The molecule has 0 bridgehead atoms. The summed E-state index contributed by atoms with van der Waals surface area (Å²) in [4.78, 5) is 29.0. The highest BCUT2D eigenvalue weighted by molar-refractivity contribution is 5.98. The first-order chi connectivity index (χ1) is 14.1. The Labute approximate surface area is 169 Å². The van der Waals surface area contributed by atoms with Crippen molar-refractivity contribution in [3.63, 3.8) is 0 Å². The molecule has 0 aliphatic carbocycles. The minimum Gasteiger partial charge on any atom is -0.497 e. The second-order valence-corrected chi connectivity index (χ2v) is 6.52. The largest absolute Gasteiger partial charge is 0.497 e. The maximum absolute atomic E-state index is 12.9. The SMILES string of the molecule is CCOC(=O)C(C(=O)OCC)[C@H](c1ccc(OC)cc1)c1c[nH]c2ccccc12. The van der Waals surface area contributed by atoms with Crippen LogP contribution in [0.25, 0.3) is 10.9 Å². The number of carbonyl (C=O) groups is 2. The quantitative estimate of drug-likeness (QED) is 0.460. The van der Waals surface area contributed by atoms with Gasteiger partial charge in [-0.25, -0.2) is 0 Å². The highest BCUT2D eigenvalue weighted by Crippen LogP contribution is 2.38. The molecular formula is C23H25NO5. The Morgan fingerprint density at radius 2 is 1.55 bits per heavy atom. The van der Waals surface area contributed by atoms with Gasteiger partial charge in [0.1, 0.15) is 5.75 Å². The minimum atomic E-state index is -1.12. The standard InChI is InChI=1S/C23H25NO5/c1-4-28-22(25)21(23(26)29-5-2)20(15-10-12-16(27-3)13-11-15)18-14-24-19-9-7-6-8-17(18)19/h6-14,20-21,24H,4-5H2,1-3H3/t20-/m1/s1. The first kappa shape index (κ1) is 20.5. The van der Waals surface area contributed by atoms with Gasteiger partial charge in [0, 0.05) is 23.0 Å². The van der Waals surface area contributed by atoms with E-state index < -0.39 is 23.8 Å². The fraction of sp³-hybridized carbons (Fsp3) is 0.304. The number of methoxy groups -OCH3 is 1. The van der Waals surface area contributed by atoms with E-state index >= 15 is 0 Å². The van der Waals surface area contributed by atoms with Crippen LogP contribution in [0, 0.1) is 5.92 Å². The molecule has 0 saturated carbocycles. The van der Waals surface area contributed by atoms with E-state index in [2.05, 4.69) is 4.98 Å². The monoisotopic (exact) mass is 395 g/mol. The molecule has 6 nitrogen and oxygen atoms in total. The predicted octanol–water partition coefficient (Wildman–Crippen LogP) is 4.05. The smallest absolute Gasteiger partial charge is 0.321 e. The van der Waals surface area contributed by atoms with Crippen LogP contribution in [0.4, 0.5) is 0 Å². The zero-order valence-corrected chi connectivity index (χ0v) is 16.8. The van der Waals surface area contributed by atoms with Crippen molar-refractivity contribution in [3.05, 3.63) is 65.9 Å². The Morgan fingerprint density at radius 1 is 0.931 bits per heavy atom. The summed E-state index contributed by atoms with van der Waals surface area (Å²) in [6, 6.07) is 15.1. The number of rotatable bonds is 8. The van der Waals surface area contributed by atoms with Crippen molar-refractivity contribution in [1.82, 2.24) is 4.98 Å². The lowest BCUT2D eigenvalue weighted by Crippen LogP contribution is -2.34. The molecule has 1 atom stereocenters. The van der Waals surface area contributed by atoms with E-state index in [0.717, 1.165) is 22.0 Å². The summed E-state index contributed by atoms with van der Waals surface area (Å²) in [6.07, 6.45) is 1.84. The lowest BCUT2D eigenvalue weighted by atomic mass is 9.80. The molecule has 29 heavy (non-hydrogen) atoms. The summed E-state index contributed by atoms with van der Waals surface area (Å²) in [5.74, 6) is -2.21. The molecule has 1 N–H and O–H groups in total. The van der Waals surface area contributed by atoms with Gasteiger partial charge in [-0.3, -0.25) is 9.59 Å². The van der Waals surface area contributed by atoms with Crippen molar-refractivity contribution >= 4 is 22.8 Å². The van der Waals surface area contributed by atoms with Crippen LogP contribution in [0.2, 0.25) is 0 Å². The molecule has 2 aromatic carbocycles. The normalized spacial score (nSPS) is 12.0. The summed E-state index contributed by atoms with van der Waals surface area (Å²) in [7, 11) is 1.59. The highest BCUT2D eigenvalue weighted by atomic mass is 16.6. The van der Waals surface area contributed by atoms with Gasteiger partial charge in [0.15, 0.2) is 5.92 Å². The number of H-pyrrole nitrogens is 1. The van der Waals surface area contributed by atoms with Crippen LogP contribution in [0.3, 0.4) is 0 Å². The van der Waals surface area contributed by atoms with Crippen LogP contribution in [-0.2, 0) is 19.1 Å².